The molecular formula is C13H14BrFO3. The second kappa shape index (κ2) is 6.00. The molecule has 18 heavy (non-hydrogen) atoms. The van der Waals surface area contributed by atoms with Crippen LogP contribution in [0.15, 0.2) is 35.0 Å². The van der Waals surface area contributed by atoms with Crippen molar-refractivity contribution >= 4 is 21.9 Å². The van der Waals surface area contributed by atoms with Crippen molar-refractivity contribution in [1.29, 1.82) is 0 Å². The molecule has 0 N–H and O–H groups in total. The first-order valence-electron chi connectivity index (χ1n) is 5.30. The SMILES string of the molecule is CC(C)(C)OC(=O)/C=C/Oc1cccc(F)c1Br. The minimum Gasteiger partial charge on any atom is -0.463 e. The second-order valence-electron chi connectivity index (χ2n) is 4.51. The molecule has 0 aliphatic rings. The highest BCUT2D eigenvalue weighted by Gasteiger charge is 2.14. The van der Waals surface area contributed by atoms with Crippen LogP contribution >= 0.6 is 15.9 Å². The molecule has 0 saturated heterocycles. The van der Waals surface area contributed by atoms with Crippen LogP contribution in [-0.4, -0.2) is 11.6 Å². The van der Waals surface area contributed by atoms with E-state index in [1.54, 1.807) is 26.8 Å². The lowest BCUT2D eigenvalue weighted by Gasteiger charge is -2.17. The first kappa shape index (κ1) is 14.7. The number of ether oxygens (including phenoxy) is 2. The Balaban J connectivity index is 2.60. The van der Waals surface area contributed by atoms with Crippen LogP contribution in [0.1, 0.15) is 20.8 Å². The zero-order valence-corrected chi connectivity index (χ0v) is 12.0. The van der Waals surface area contributed by atoms with Gasteiger partial charge in [-0.15, -0.1) is 0 Å². The van der Waals surface area contributed by atoms with Crippen LogP contribution in [0.3, 0.4) is 0 Å². The van der Waals surface area contributed by atoms with Gasteiger partial charge in [-0.05, 0) is 48.8 Å². The van der Waals surface area contributed by atoms with Crippen molar-refractivity contribution in [2.24, 2.45) is 0 Å². The van der Waals surface area contributed by atoms with Gasteiger partial charge in [0.2, 0.25) is 0 Å². The highest BCUT2D eigenvalue weighted by atomic mass is 79.9. The number of esters is 1. The van der Waals surface area contributed by atoms with Gasteiger partial charge in [-0.1, -0.05) is 6.07 Å². The standard InChI is InChI=1S/C13H14BrFO3/c1-13(2,3)18-11(16)7-8-17-10-6-4-5-9(15)12(10)14/h4-8H,1-3H3/b8-7+. The van der Waals surface area contributed by atoms with E-state index in [9.17, 15) is 9.18 Å². The van der Waals surface area contributed by atoms with E-state index in [0.29, 0.717) is 0 Å². The monoisotopic (exact) mass is 316 g/mol. The van der Waals surface area contributed by atoms with Crippen LogP contribution in [-0.2, 0) is 9.53 Å². The van der Waals surface area contributed by atoms with E-state index < -0.39 is 17.4 Å². The molecule has 3 nitrogen and oxygen atoms in total. The number of rotatable bonds is 3. The number of halogens is 2. The highest BCUT2D eigenvalue weighted by molar-refractivity contribution is 9.10. The summed E-state index contributed by atoms with van der Waals surface area (Å²) in [6, 6.07) is 4.39. The van der Waals surface area contributed by atoms with E-state index in [4.69, 9.17) is 9.47 Å². The maximum atomic E-state index is 13.1. The smallest absolute Gasteiger partial charge is 0.334 e. The lowest BCUT2D eigenvalue weighted by Crippen LogP contribution is -2.22. The molecule has 0 atom stereocenters. The molecule has 98 valence electrons. The fourth-order valence-electron chi connectivity index (χ4n) is 1.07. The predicted octanol–water partition coefficient (Wildman–Crippen LogP) is 3.82. The lowest BCUT2D eigenvalue weighted by atomic mass is 10.2. The third-order valence-electron chi connectivity index (χ3n) is 1.72. The molecule has 1 aromatic rings. The van der Waals surface area contributed by atoms with Gasteiger partial charge in [-0.25, -0.2) is 9.18 Å². The van der Waals surface area contributed by atoms with Gasteiger partial charge in [-0.2, -0.15) is 0 Å². The maximum Gasteiger partial charge on any atom is 0.334 e. The van der Waals surface area contributed by atoms with Gasteiger partial charge in [0.1, 0.15) is 17.2 Å². The quantitative estimate of drug-likeness (QED) is 0.483. The number of hydrogen-bond donors (Lipinski definition) is 0. The van der Waals surface area contributed by atoms with Gasteiger partial charge in [0.15, 0.2) is 0 Å². The van der Waals surface area contributed by atoms with E-state index in [0.717, 1.165) is 12.3 Å². The summed E-state index contributed by atoms with van der Waals surface area (Å²) in [5.74, 6) is -0.664. The fraction of sp³-hybridized carbons (Fsp3) is 0.308. The highest BCUT2D eigenvalue weighted by Crippen LogP contribution is 2.27. The van der Waals surface area contributed by atoms with Gasteiger partial charge in [0, 0.05) is 0 Å². The van der Waals surface area contributed by atoms with E-state index in [1.807, 2.05) is 0 Å². The summed E-state index contributed by atoms with van der Waals surface area (Å²) in [7, 11) is 0. The zero-order valence-electron chi connectivity index (χ0n) is 10.4. The summed E-state index contributed by atoms with van der Waals surface area (Å²) in [5.41, 5.74) is -0.555. The predicted molar refractivity (Wildman–Crippen MR) is 69.7 cm³/mol. The molecule has 0 aromatic heterocycles. The Hall–Kier alpha value is -1.36. The van der Waals surface area contributed by atoms with Gasteiger partial charge >= 0.3 is 5.97 Å². The first-order valence-corrected chi connectivity index (χ1v) is 6.09. The maximum absolute atomic E-state index is 13.1. The van der Waals surface area contributed by atoms with Crippen LogP contribution in [0.2, 0.25) is 0 Å². The molecule has 0 saturated carbocycles. The fourth-order valence-corrected chi connectivity index (χ4v) is 1.43. The number of carbonyl (C=O) groups is 1. The molecule has 0 bridgehead atoms. The van der Waals surface area contributed by atoms with Crippen LogP contribution in [0.5, 0.6) is 5.75 Å². The van der Waals surface area contributed by atoms with E-state index in [-0.39, 0.29) is 10.2 Å². The molecule has 0 heterocycles. The average Bonchev–Trinajstić information content (AvgIpc) is 2.21. The molecule has 0 spiro atoms. The molecule has 0 fully saturated rings. The van der Waals surface area contributed by atoms with Crippen LogP contribution in [0.25, 0.3) is 0 Å². The van der Waals surface area contributed by atoms with Crippen molar-refractivity contribution < 1.29 is 18.7 Å². The van der Waals surface area contributed by atoms with Crippen molar-refractivity contribution in [1.82, 2.24) is 0 Å². The molecule has 0 radical (unpaired) electrons. The van der Waals surface area contributed by atoms with E-state index >= 15 is 0 Å². The summed E-state index contributed by atoms with van der Waals surface area (Å²) in [6.45, 7) is 5.30. The van der Waals surface area contributed by atoms with Gasteiger partial charge in [0.05, 0.1) is 16.8 Å². The summed E-state index contributed by atoms with van der Waals surface area (Å²) >= 11 is 3.05. The van der Waals surface area contributed by atoms with Crippen molar-refractivity contribution in [3.05, 3.63) is 40.8 Å². The van der Waals surface area contributed by atoms with Gasteiger partial charge in [0.25, 0.3) is 0 Å². The summed E-state index contributed by atoms with van der Waals surface area (Å²) in [6.07, 6.45) is 2.30. The van der Waals surface area contributed by atoms with Gasteiger partial charge < -0.3 is 9.47 Å². The average molecular weight is 317 g/mol. The largest absolute Gasteiger partial charge is 0.463 e. The Labute approximate surface area is 114 Å². The van der Waals surface area contributed by atoms with Crippen molar-refractivity contribution in [2.75, 3.05) is 0 Å². The van der Waals surface area contributed by atoms with E-state index in [2.05, 4.69) is 15.9 Å². The molecule has 1 rings (SSSR count). The van der Waals surface area contributed by atoms with Crippen molar-refractivity contribution in [2.45, 2.75) is 26.4 Å². The third-order valence-corrected chi connectivity index (χ3v) is 2.49. The van der Waals surface area contributed by atoms with Crippen LogP contribution in [0.4, 0.5) is 4.39 Å². The molecule has 0 unspecified atom stereocenters. The first-order chi connectivity index (χ1) is 8.29. The topological polar surface area (TPSA) is 35.5 Å². The summed E-state index contributed by atoms with van der Waals surface area (Å²) in [5, 5.41) is 0. The molecular weight excluding hydrogens is 303 g/mol. The number of benzene rings is 1. The van der Waals surface area contributed by atoms with Crippen LogP contribution < -0.4 is 4.74 Å². The van der Waals surface area contributed by atoms with Crippen molar-refractivity contribution in [3.63, 3.8) is 0 Å². The van der Waals surface area contributed by atoms with Crippen LogP contribution in [0, 0.1) is 5.82 Å². The van der Waals surface area contributed by atoms with Gasteiger partial charge in [-0.3, -0.25) is 0 Å². The Morgan fingerprint density at radius 2 is 2.06 bits per heavy atom. The second-order valence-corrected chi connectivity index (χ2v) is 5.30. The molecule has 1 aromatic carbocycles. The molecule has 0 aliphatic carbocycles. The minimum absolute atomic E-state index is 0.207. The molecule has 0 aliphatic heterocycles. The zero-order chi connectivity index (χ0) is 13.8. The number of hydrogen-bond acceptors (Lipinski definition) is 3. The Kier molecular flexibility index (Phi) is 4.90. The van der Waals surface area contributed by atoms with Crippen molar-refractivity contribution in [3.8, 4) is 5.75 Å². The molecule has 0 amide bonds. The Bertz CT molecular complexity index is 464. The third kappa shape index (κ3) is 4.87. The Morgan fingerprint density at radius 1 is 1.39 bits per heavy atom. The number of carbonyl (C=O) groups excluding carboxylic acids is 1. The normalized spacial score (nSPS) is 11.6. The summed E-state index contributed by atoms with van der Waals surface area (Å²) < 4.78 is 23.5. The minimum atomic E-state index is -0.555. The Morgan fingerprint density at radius 3 is 2.67 bits per heavy atom. The lowest BCUT2D eigenvalue weighted by molar-refractivity contribution is -0.148. The molecule has 5 heteroatoms. The summed E-state index contributed by atoms with van der Waals surface area (Å²) in [4.78, 5) is 11.3. The van der Waals surface area contributed by atoms with E-state index in [1.165, 1.54) is 12.1 Å².